The van der Waals surface area contributed by atoms with E-state index in [1.165, 1.54) is 0 Å². The maximum absolute atomic E-state index is 9.51. The third-order valence-electron chi connectivity index (χ3n) is 3.81. The molecule has 0 atom stereocenters. The van der Waals surface area contributed by atoms with E-state index in [4.69, 9.17) is 0 Å². The van der Waals surface area contributed by atoms with Crippen molar-refractivity contribution in [3.8, 4) is 11.8 Å². The SMILES string of the molecule is O[C@H]1CC[C@@H](Nc2ncc(C#Cc3ccccc3)cn2)CC1. The summed E-state index contributed by atoms with van der Waals surface area (Å²) in [5.74, 6) is 6.78. The molecule has 0 aliphatic heterocycles. The van der Waals surface area contributed by atoms with Crippen molar-refractivity contribution in [3.63, 3.8) is 0 Å². The van der Waals surface area contributed by atoms with Crippen LogP contribution in [0.1, 0.15) is 36.8 Å². The number of rotatable bonds is 2. The molecular formula is C18H19N3O. The molecule has 1 aromatic heterocycles. The maximum atomic E-state index is 9.51. The van der Waals surface area contributed by atoms with Gasteiger partial charge in [0.1, 0.15) is 0 Å². The third-order valence-corrected chi connectivity index (χ3v) is 3.81. The van der Waals surface area contributed by atoms with Crippen LogP contribution in [0.15, 0.2) is 42.7 Å². The van der Waals surface area contributed by atoms with Crippen molar-refractivity contribution in [2.45, 2.75) is 37.8 Å². The summed E-state index contributed by atoms with van der Waals surface area (Å²) in [5.41, 5.74) is 1.78. The summed E-state index contributed by atoms with van der Waals surface area (Å²) in [4.78, 5) is 8.63. The second-order valence-corrected chi connectivity index (χ2v) is 5.56. The lowest BCUT2D eigenvalue weighted by molar-refractivity contribution is 0.126. The van der Waals surface area contributed by atoms with Crippen molar-refractivity contribution in [2.75, 3.05) is 5.32 Å². The molecule has 1 fully saturated rings. The minimum atomic E-state index is -0.144. The van der Waals surface area contributed by atoms with Crippen molar-refractivity contribution in [1.29, 1.82) is 0 Å². The summed E-state index contributed by atoms with van der Waals surface area (Å²) in [7, 11) is 0. The van der Waals surface area contributed by atoms with Gasteiger partial charge in [-0.1, -0.05) is 30.0 Å². The third kappa shape index (κ3) is 4.06. The lowest BCUT2D eigenvalue weighted by atomic mass is 9.93. The molecular weight excluding hydrogens is 274 g/mol. The van der Waals surface area contributed by atoms with Gasteiger partial charge in [0.15, 0.2) is 0 Å². The van der Waals surface area contributed by atoms with Gasteiger partial charge in [0.2, 0.25) is 5.95 Å². The summed E-state index contributed by atoms with van der Waals surface area (Å²) in [5, 5.41) is 12.8. The average molecular weight is 293 g/mol. The first-order valence-electron chi connectivity index (χ1n) is 7.63. The summed E-state index contributed by atoms with van der Waals surface area (Å²) in [6.45, 7) is 0. The smallest absolute Gasteiger partial charge is 0.222 e. The molecule has 0 bridgehead atoms. The number of hydrogen-bond donors (Lipinski definition) is 2. The van der Waals surface area contributed by atoms with Crippen molar-refractivity contribution >= 4 is 5.95 Å². The van der Waals surface area contributed by atoms with E-state index in [1.807, 2.05) is 30.3 Å². The van der Waals surface area contributed by atoms with E-state index in [-0.39, 0.29) is 6.10 Å². The molecule has 2 aromatic rings. The van der Waals surface area contributed by atoms with Crippen LogP contribution in [0, 0.1) is 11.8 Å². The van der Waals surface area contributed by atoms with Crippen LogP contribution in [0.5, 0.6) is 0 Å². The van der Waals surface area contributed by atoms with Gasteiger partial charge < -0.3 is 10.4 Å². The quantitative estimate of drug-likeness (QED) is 0.836. The van der Waals surface area contributed by atoms with E-state index in [0.29, 0.717) is 12.0 Å². The average Bonchev–Trinajstić information content (AvgIpc) is 2.57. The minimum Gasteiger partial charge on any atom is -0.393 e. The first-order valence-corrected chi connectivity index (χ1v) is 7.63. The van der Waals surface area contributed by atoms with Gasteiger partial charge >= 0.3 is 0 Å². The molecule has 2 N–H and O–H groups in total. The van der Waals surface area contributed by atoms with Gasteiger partial charge in [-0.15, -0.1) is 0 Å². The van der Waals surface area contributed by atoms with E-state index in [1.54, 1.807) is 12.4 Å². The van der Waals surface area contributed by atoms with Crippen LogP contribution in [-0.4, -0.2) is 27.2 Å². The van der Waals surface area contributed by atoms with Gasteiger partial charge in [-0.25, -0.2) is 9.97 Å². The van der Waals surface area contributed by atoms with Crippen LogP contribution in [0.3, 0.4) is 0 Å². The molecule has 1 aliphatic rings. The monoisotopic (exact) mass is 293 g/mol. The van der Waals surface area contributed by atoms with Crippen molar-refractivity contribution in [3.05, 3.63) is 53.9 Å². The van der Waals surface area contributed by atoms with Crippen LogP contribution in [0.2, 0.25) is 0 Å². The standard InChI is InChI=1S/C18H19N3O/c22-17-10-8-16(9-11-17)21-18-19-12-15(13-20-18)7-6-14-4-2-1-3-5-14/h1-5,12-13,16-17,22H,8-11H2,(H,19,20,21)/t16-,17+. The highest BCUT2D eigenvalue weighted by molar-refractivity contribution is 5.41. The van der Waals surface area contributed by atoms with Crippen LogP contribution in [0.25, 0.3) is 0 Å². The topological polar surface area (TPSA) is 58.0 Å². The highest BCUT2D eigenvalue weighted by atomic mass is 16.3. The summed E-state index contributed by atoms with van der Waals surface area (Å²) in [6, 6.07) is 10.2. The Kier molecular flexibility index (Phi) is 4.67. The number of aliphatic hydroxyl groups is 1. The number of nitrogens with one attached hydrogen (secondary N) is 1. The van der Waals surface area contributed by atoms with Crippen LogP contribution in [-0.2, 0) is 0 Å². The van der Waals surface area contributed by atoms with E-state index in [2.05, 4.69) is 27.1 Å². The summed E-state index contributed by atoms with van der Waals surface area (Å²) in [6.07, 6.45) is 6.94. The van der Waals surface area contributed by atoms with Gasteiger partial charge in [-0.3, -0.25) is 0 Å². The number of aliphatic hydroxyl groups excluding tert-OH is 1. The molecule has 0 amide bonds. The molecule has 112 valence electrons. The van der Waals surface area contributed by atoms with Gasteiger partial charge in [0.25, 0.3) is 0 Å². The predicted octanol–water partition coefficient (Wildman–Crippen LogP) is 2.59. The zero-order valence-corrected chi connectivity index (χ0v) is 12.4. The van der Waals surface area contributed by atoms with E-state index < -0.39 is 0 Å². The van der Waals surface area contributed by atoms with Crippen LogP contribution >= 0.6 is 0 Å². The van der Waals surface area contributed by atoms with E-state index in [9.17, 15) is 5.11 Å². The fourth-order valence-electron chi connectivity index (χ4n) is 2.54. The molecule has 0 radical (unpaired) electrons. The van der Waals surface area contributed by atoms with Gasteiger partial charge in [0, 0.05) is 24.0 Å². The molecule has 1 aliphatic carbocycles. The second kappa shape index (κ2) is 7.06. The van der Waals surface area contributed by atoms with E-state index in [0.717, 1.165) is 36.8 Å². The number of benzene rings is 1. The molecule has 0 unspecified atom stereocenters. The molecule has 0 spiro atoms. The Balaban J connectivity index is 1.60. The number of nitrogens with zero attached hydrogens (tertiary/aromatic N) is 2. The zero-order chi connectivity index (χ0) is 15.2. The Hall–Kier alpha value is -2.38. The Morgan fingerprint density at radius 2 is 1.55 bits per heavy atom. The fourth-order valence-corrected chi connectivity index (χ4v) is 2.54. The highest BCUT2D eigenvalue weighted by Crippen LogP contribution is 2.20. The molecule has 0 saturated heterocycles. The zero-order valence-electron chi connectivity index (χ0n) is 12.4. The summed E-state index contributed by atoms with van der Waals surface area (Å²) < 4.78 is 0. The predicted molar refractivity (Wildman–Crippen MR) is 86.3 cm³/mol. The Morgan fingerprint density at radius 1 is 0.909 bits per heavy atom. The molecule has 1 heterocycles. The van der Waals surface area contributed by atoms with E-state index >= 15 is 0 Å². The molecule has 22 heavy (non-hydrogen) atoms. The van der Waals surface area contributed by atoms with Gasteiger partial charge in [-0.2, -0.15) is 0 Å². The Morgan fingerprint density at radius 3 is 2.23 bits per heavy atom. The number of hydrogen-bond acceptors (Lipinski definition) is 4. The van der Waals surface area contributed by atoms with Crippen molar-refractivity contribution < 1.29 is 5.11 Å². The van der Waals surface area contributed by atoms with Crippen molar-refractivity contribution in [2.24, 2.45) is 0 Å². The molecule has 4 nitrogen and oxygen atoms in total. The van der Waals surface area contributed by atoms with Gasteiger partial charge in [0.05, 0.1) is 11.7 Å². The van der Waals surface area contributed by atoms with Crippen molar-refractivity contribution in [1.82, 2.24) is 9.97 Å². The Bertz CT molecular complexity index is 650. The Labute approximate surface area is 130 Å². The first kappa shape index (κ1) is 14.6. The second-order valence-electron chi connectivity index (χ2n) is 5.56. The first-order chi connectivity index (χ1) is 10.8. The molecule has 4 heteroatoms. The maximum Gasteiger partial charge on any atom is 0.222 e. The molecule has 1 saturated carbocycles. The minimum absolute atomic E-state index is 0.144. The number of anilines is 1. The normalized spacial score (nSPS) is 20.8. The lowest BCUT2D eigenvalue weighted by Gasteiger charge is -2.25. The fraction of sp³-hybridized carbons (Fsp3) is 0.333. The lowest BCUT2D eigenvalue weighted by Crippen LogP contribution is -2.28. The van der Waals surface area contributed by atoms with Crippen LogP contribution < -0.4 is 5.32 Å². The van der Waals surface area contributed by atoms with Crippen LogP contribution in [0.4, 0.5) is 5.95 Å². The number of aromatic nitrogens is 2. The summed E-state index contributed by atoms with van der Waals surface area (Å²) >= 11 is 0. The molecule has 1 aromatic carbocycles. The largest absolute Gasteiger partial charge is 0.393 e. The van der Waals surface area contributed by atoms with Gasteiger partial charge in [-0.05, 0) is 37.8 Å². The highest BCUT2D eigenvalue weighted by Gasteiger charge is 2.19. The molecule has 3 rings (SSSR count).